The van der Waals surface area contributed by atoms with Crippen molar-refractivity contribution in [2.75, 3.05) is 11.5 Å². The number of hydrogen-bond acceptors (Lipinski definition) is 4. The maximum absolute atomic E-state index is 6.16. The van der Waals surface area contributed by atoms with Crippen LogP contribution in [0.1, 0.15) is 11.4 Å². The SMILES string of the molecule is Cc1cc(=Nc2ccc3c(c2)c(N)cc(C)[n+]3C)nc(N)n1C.Cl.[Cl-]. The molecule has 0 radical (unpaired) electrons. The van der Waals surface area contributed by atoms with Gasteiger partial charge < -0.3 is 28.4 Å². The molecule has 8 heteroatoms. The maximum Gasteiger partial charge on any atom is 0.214 e. The van der Waals surface area contributed by atoms with E-state index in [0.717, 1.165) is 33.7 Å². The van der Waals surface area contributed by atoms with Gasteiger partial charge in [0.25, 0.3) is 0 Å². The average molecular weight is 381 g/mol. The van der Waals surface area contributed by atoms with E-state index >= 15 is 0 Å². The lowest BCUT2D eigenvalue weighted by molar-refractivity contribution is -0.651. The van der Waals surface area contributed by atoms with Crippen molar-refractivity contribution in [1.29, 1.82) is 0 Å². The number of nitrogen functional groups attached to an aromatic ring is 2. The van der Waals surface area contributed by atoms with Gasteiger partial charge in [-0.3, -0.25) is 0 Å². The summed E-state index contributed by atoms with van der Waals surface area (Å²) in [7, 11) is 3.90. The number of aryl methyl sites for hydroxylation is 3. The molecule has 1 aromatic carbocycles. The van der Waals surface area contributed by atoms with Crippen molar-refractivity contribution in [3.63, 3.8) is 0 Å². The Morgan fingerprint density at radius 3 is 2.44 bits per heavy atom. The summed E-state index contributed by atoms with van der Waals surface area (Å²) in [5.41, 5.74) is 17.4. The minimum atomic E-state index is 0. The van der Waals surface area contributed by atoms with Crippen LogP contribution in [0.4, 0.5) is 17.3 Å². The van der Waals surface area contributed by atoms with Gasteiger partial charge in [0.15, 0.2) is 11.2 Å². The monoisotopic (exact) mass is 380 g/mol. The van der Waals surface area contributed by atoms with Gasteiger partial charge in [-0.15, -0.1) is 12.4 Å². The molecule has 0 saturated carbocycles. The zero-order valence-electron chi connectivity index (χ0n) is 14.6. The van der Waals surface area contributed by atoms with Crippen LogP contribution in [0.2, 0.25) is 0 Å². The number of aromatic nitrogens is 3. The van der Waals surface area contributed by atoms with Crippen LogP contribution < -0.4 is 33.9 Å². The lowest BCUT2D eigenvalue weighted by atomic mass is 10.1. The van der Waals surface area contributed by atoms with E-state index in [9.17, 15) is 0 Å². The Balaban J connectivity index is 0.00000156. The summed E-state index contributed by atoms with van der Waals surface area (Å²) in [6.45, 7) is 4.01. The number of pyridine rings is 1. The highest BCUT2D eigenvalue weighted by atomic mass is 35.5. The van der Waals surface area contributed by atoms with E-state index in [1.54, 1.807) is 0 Å². The van der Waals surface area contributed by atoms with Gasteiger partial charge in [0, 0.05) is 37.9 Å². The van der Waals surface area contributed by atoms with Crippen LogP contribution in [0.15, 0.2) is 35.3 Å². The van der Waals surface area contributed by atoms with Crippen LogP contribution in [0.3, 0.4) is 0 Å². The fourth-order valence-corrected chi connectivity index (χ4v) is 2.59. The van der Waals surface area contributed by atoms with Crippen molar-refractivity contribution >= 4 is 40.6 Å². The van der Waals surface area contributed by atoms with Crippen molar-refractivity contribution in [3.8, 4) is 0 Å². The van der Waals surface area contributed by atoms with Crippen molar-refractivity contribution in [1.82, 2.24) is 9.55 Å². The smallest absolute Gasteiger partial charge is 0.214 e. The van der Waals surface area contributed by atoms with Gasteiger partial charge in [-0.05, 0) is 19.1 Å². The first-order chi connectivity index (χ1) is 10.9. The van der Waals surface area contributed by atoms with Gasteiger partial charge >= 0.3 is 0 Å². The Labute approximate surface area is 159 Å². The largest absolute Gasteiger partial charge is 1.00 e. The molecular formula is C17H22Cl2N6. The fraction of sp³-hybridized carbons (Fsp3) is 0.235. The number of halogens is 2. The summed E-state index contributed by atoms with van der Waals surface area (Å²) >= 11 is 0. The number of rotatable bonds is 1. The Hall–Kier alpha value is -2.31. The van der Waals surface area contributed by atoms with Crippen LogP contribution in [0.25, 0.3) is 10.9 Å². The van der Waals surface area contributed by atoms with Crippen LogP contribution >= 0.6 is 12.4 Å². The second-order valence-electron chi connectivity index (χ2n) is 5.79. The molecule has 0 aliphatic heterocycles. The second kappa shape index (κ2) is 7.72. The molecule has 0 aliphatic rings. The van der Waals surface area contributed by atoms with E-state index in [0.29, 0.717) is 11.4 Å². The Bertz CT molecular complexity index is 968. The molecule has 2 aromatic heterocycles. The van der Waals surface area contributed by atoms with E-state index < -0.39 is 0 Å². The van der Waals surface area contributed by atoms with Gasteiger partial charge in [0.1, 0.15) is 7.05 Å². The quantitative estimate of drug-likeness (QED) is 0.522. The van der Waals surface area contributed by atoms with Crippen molar-refractivity contribution < 1.29 is 17.0 Å². The molecule has 0 bridgehead atoms. The summed E-state index contributed by atoms with van der Waals surface area (Å²) in [6, 6.07) is 9.83. The second-order valence-corrected chi connectivity index (χ2v) is 5.79. The van der Waals surface area contributed by atoms with E-state index in [1.807, 2.05) is 62.8 Å². The summed E-state index contributed by atoms with van der Waals surface area (Å²) in [4.78, 5) is 8.88. The lowest BCUT2D eigenvalue weighted by Crippen LogP contribution is -3.00. The molecule has 0 spiro atoms. The summed E-state index contributed by atoms with van der Waals surface area (Å²) < 4.78 is 3.93. The van der Waals surface area contributed by atoms with Crippen LogP contribution in [-0.2, 0) is 14.1 Å². The topological polar surface area (TPSA) is 86.1 Å². The first-order valence-corrected chi connectivity index (χ1v) is 7.40. The molecule has 3 rings (SSSR count). The molecule has 2 heterocycles. The summed E-state index contributed by atoms with van der Waals surface area (Å²) in [6.07, 6.45) is 0. The molecule has 0 fully saturated rings. The molecule has 0 atom stereocenters. The van der Waals surface area contributed by atoms with Gasteiger partial charge in [0.2, 0.25) is 11.5 Å². The number of anilines is 2. The molecule has 0 amide bonds. The molecule has 6 nitrogen and oxygen atoms in total. The molecule has 0 saturated heterocycles. The van der Waals surface area contributed by atoms with E-state index in [1.165, 1.54) is 0 Å². The number of hydrogen-bond donors (Lipinski definition) is 2. The van der Waals surface area contributed by atoms with Crippen molar-refractivity contribution in [3.05, 3.63) is 47.2 Å². The van der Waals surface area contributed by atoms with E-state index in [2.05, 4.69) is 14.5 Å². The molecule has 134 valence electrons. The Morgan fingerprint density at radius 2 is 1.80 bits per heavy atom. The Kier molecular flexibility index (Phi) is 6.40. The molecule has 4 N–H and O–H groups in total. The molecular weight excluding hydrogens is 359 g/mol. The first-order valence-electron chi connectivity index (χ1n) is 7.40. The van der Waals surface area contributed by atoms with Gasteiger partial charge in [-0.2, -0.15) is 9.55 Å². The molecule has 3 aromatic rings. The molecule has 0 aliphatic carbocycles. The Morgan fingerprint density at radius 1 is 1.12 bits per heavy atom. The lowest BCUT2D eigenvalue weighted by Gasteiger charge is -2.07. The van der Waals surface area contributed by atoms with Crippen molar-refractivity contribution in [2.24, 2.45) is 19.1 Å². The third-order valence-corrected chi connectivity index (χ3v) is 4.23. The standard InChI is InChI=1S/C17H20N6.2ClH/c1-10-7-14(18)13-9-12(5-6-15(13)22(10)3)20-16-8-11(2)23(4)17(19)21-16;;/h5-9,18H,1-4H3,(H2,19,20,21);2*1H. The zero-order chi connectivity index (χ0) is 16.7. The van der Waals surface area contributed by atoms with Gasteiger partial charge in [0.05, 0.1) is 16.8 Å². The summed E-state index contributed by atoms with van der Waals surface area (Å²) in [5, 5.41) is 0.977. The van der Waals surface area contributed by atoms with Gasteiger partial charge in [-0.25, -0.2) is 4.99 Å². The van der Waals surface area contributed by atoms with Crippen LogP contribution in [0, 0.1) is 13.8 Å². The predicted molar refractivity (Wildman–Crippen MR) is 99.1 cm³/mol. The normalized spacial score (nSPS) is 11.1. The fourth-order valence-electron chi connectivity index (χ4n) is 2.59. The third-order valence-electron chi connectivity index (χ3n) is 4.23. The number of nitrogens with zero attached hydrogens (tertiary/aromatic N) is 4. The zero-order valence-corrected chi connectivity index (χ0v) is 16.2. The number of nitrogens with two attached hydrogens (primary N) is 2. The summed E-state index contributed by atoms with van der Waals surface area (Å²) in [5.74, 6) is 0.436. The van der Waals surface area contributed by atoms with Crippen LogP contribution in [0.5, 0.6) is 0 Å². The molecule has 25 heavy (non-hydrogen) atoms. The van der Waals surface area contributed by atoms with E-state index in [4.69, 9.17) is 11.5 Å². The van der Waals surface area contributed by atoms with E-state index in [-0.39, 0.29) is 24.8 Å². The first kappa shape index (κ1) is 20.7. The van der Waals surface area contributed by atoms with Crippen LogP contribution in [-0.4, -0.2) is 9.55 Å². The highest BCUT2D eigenvalue weighted by Gasteiger charge is 2.12. The highest BCUT2D eigenvalue weighted by Crippen LogP contribution is 2.24. The van der Waals surface area contributed by atoms with Crippen molar-refractivity contribution in [2.45, 2.75) is 13.8 Å². The molecule has 0 unspecified atom stereocenters. The maximum atomic E-state index is 6.16. The minimum Gasteiger partial charge on any atom is -1.00 e. The highest BCUT2D eigenvalue weighted by molar-refractivity contribution is 5.90. The predicted octanol–water partition coefficient (Wildman–Crippen LogP) is -1.16. The third kappa shape index (κ3) is 3.86. The number of benzene rings is 1. The van der Waals surface area contributed by atoms with Gasteiger partial charge in [-0.1, -0.05) is 0 Å². The number of fused-ring (bicyclic) bond motifs is 1. The minimum absolute atomic E-state index is 0. The average Bonchev–Trinajstić information content (AvgIpc) is 2.50.